The molecule has 57 heavy (non-hydrogen) atoms. The van der Waals surface area contributed by atoms with Crippen molar-refractivity contribution in [1.29, 1.82) is 0 Å². The summed E-state index contributed by atoms with van der Waals surface area (Å²) in [6, 6.07) is 78.2. The van der Waals surface area contributed by atoms with Gasteiger partial charge >= 0.3 is 0 Å². The summed E-state index contributed by atoms with van der Waals surface area (Å²) in [5, 5.41) is 4.62. The maximum atomic E-state index is 6.64. The average molecular weight is 729 g/mol. The maximum Gasteiger partial charge on any atom is 0.143 e. The van der Waals surface area contributed by atoms with Crippen molar-refractivity contribution in [2.75, 3.05) is 4.90 Å². The second kappa shape index (κ2) is 13.6. The Morgan fingerprint density at radius 2 is 0.947 bits per heavy atom. The molecule has 0 aliphatic rings. The van der Waals surface area contributed by atoms with E-state index in [2.05, 4.69) is 222 Å². The zero-order valence-electron chi connectivity index (χ0n) is 31.1. The largest absolute Gasteiger partial charge is 0.455 e. The smallest absolute Gasteiger partial charge is 0.143 e. The molecular weight excluding hydrogens is 693 g/mol. The molecule has 11 rings (SSSR count). The highest BCUT2D eigenvalue weighted by molar-refractivity contribution is 6.17. The molecule has 2 heterocycles. The third-order valence-electron chi connectivity index (χ3n) is 11.2. The van der Waals surface area contributed by atoms with Crippen LogP contribution in [0.25, 0.3) is 82.8 Å². The molecule has 0 N–H and O–H groups in total. The summed E-state index contributed by atoms with van der Waals surface area (Å²) in [6.07, 6.45) is 0. The number of rotatable bonds is 7. The average Bonchev–Trinajstić information content (AvgIpc) is 3.84. The van der Waals surface area contributed by atoms with E-state index in [0.717, 1.165) is 72.5 Å². The van der Waals surface area contributed by atoms with Gasteiger partial charge in [0.2, 0.25) is 0 Å². The van der Waals surface area contributed by atoms with Gasteiger partial charge in [0, 0.05) is 44.2 Å². The van der Waals surface area contributed by atoms with Crippen molar-refractivity contribution in [3.05, 3.63) is 218 Å². The minimum atomic E-state index is 0.890. The van der Waals surface area contributed by atoms with Crippen molar-refractivity contribution in [1.82, 2.24) is 4.57 Å². The number of anilines is 3. The van der Waals surface area contributed by atoms with Gasteiger partial charge in [-0.15, -0.1) is 0 Å². The highest BCUT2D eigenvalue weighted by Gasteiger charge is 2.23. The number of benzene rings is 9. The van der Waals surface area contributed by atoms with Crippen LogP contribution in [0, 0.1) is 0 Å². The van der Waals surface area contributed by atoms with E-state index in [0.29, 0.717) is 0 Å². The molecule has 0 atom stereocenters. The molecular formula is C54H36N2O. The SMILES string of the molecule is c1ccc(-c2ccc(N(c3cc(-c4ccccc4)cc(-c4cccc5c4oc4ccccc45)c3)c3cccc4c3c3ccccc3n4-c3ccccc3)cc2)cc1. The van der Waals surface area contributed by atoms with Gasteiger partial charge in [-0.05, 0) is 94.5 Å². The van der Waals surface area contributed by atoms with Crippen molar-refractivity contribution in [2.45, 2.75) is 0 Å². The van der Waals surface area contributed by atoms with Gasteiger partial charge < -0.3 is 13.9 Å². The van der Waals surface area contributed by atoms with Gasteiger partial charge in [-0.25, -0.2) is 0 Å². The van der Waals surface area contributed by atoms with Crippen LogP contribution in [0.15, 0.2) is 223 Å². The highest BCUT2D eigenvalue weighted by atomic mass is 16.3. The lowest BCUT2D eigenvalue weighted by molar-refractivity contribution is 0.670. The zero-order chi connectivity index (χ0) is 37.7. The normalized spacial score (nSPS) is 11.5. The number of fused-ring (bicyclic) bond motifs is 6. The van der Waals surface area contributed by atoms with Gasteiger partial charge in [-0.1, -0.05) is 152 Å². The van der Waals surface area contributed by atoms with Crippen molar-refractivity contribution in [2.24, 2.45) is 0 Å². The Bertz CT molecular complexity index is 3220. The molecule has 0 aliphatic heterocycles. The molecule has 11 aromatic rings. The van der Waals surface area contributed by atoms with E-state index in [1.54, 1.807) is 0 Å². The fourth-order valence-corrected chi connectivity index (χ4v) is 8.57. The van der Waals surface area contributed by atoms with Crippen LogP contribution in [0.2, 0.25) is 0 Å². The van der Waals surface area contributed by atoms with Crippen LogP contribution < -0.4 is 4.90 Å². The van der Waals surface area contributed by atoms with Crippen LogP contribution in [0.4, 0.5) is 17.1 Å². The minimum absolute atomic E-state index is 0.890. The second-order valence-corrected chi connectivity index (χ2v) is 14.5. The van der Waals surface area contributed by atoms with E-state index in [4.69, 9.17) is 4.42 Å². The summed E-state index contributed by atoms with van der Waals surface area (Å²) in [5.74, 6) is 0. The number of para-hydroxylation sites is 4. The van der Waals surface area contributed by atoms with Crippen LogP contribution in [-0.2, 0) is 0 Å². The molecule has 0 fully saturated rings. The molecule has 0 aliphatic carbocycles. The summed E-state index contributed by atoms with van der Waals surface area (Å²) >= 11 is 0. The molecule has 9 aromatic carbocycles. The van der Waals surface area contributed by atoms with Crippen LogP contribution in [0.3, 0.4) is 0 Å². The van der Waals surface area contributed by atoms with E-state index < -0.39 is 0 Å². The Morgan fingerprint density at radius 3 is 1.72 bits per heavy atom. The molecule has 0 radical (unpaired) electrons. The molecule has 0 amide bonds. The third-order valence-corrected chi connectivity index (χ3v) is 11.2. The predicted octanol–water partition coefficient (Wildman–Crippen LogP) is 15.2. The Balaban J connectivity index is 1.21. The molecule has 268 valence electrons. The monoisotopic (exact) mass is 728 g/mol. The lowest BCUT2D eigenvalue weighted by Gasteiger charge is -2.28. The Labute approximate surface area is 330 Å². The van der Waals surface area contributed by atoms with Gasteiger partial charge in [0.15, 0.2) is 0 Å². The second-order valence-electron chi connectivity index (χ2n) is 14.5. The van der Waals surface area contributed by atoms with Crippen LogP contribution >= 0.6 is 0 Å². The van der Waals surface area contributed by atoms with Gasteiger partial charge in [-0.2, -0.15) is 0 Å². The highest BCUT2D eigenvalue weighted by Crippen LogP contribution is 2.47. The molecule has 2 aromatic heterocycles. The summed E-state index contributed by atoms with van der Waals surface area (Å²) in [7, 11) is 0. The number of nitrogens with zero attached hydrogens (tertiary/aromatic N) is 2. The molecule has 0 saturated carbocycles. The van der Waals surface area contributed by atoms with Gasteiger partial charge in [0.25, 0.3) is 0 Å². The third kappa shape index (κ3) is 5.60. The lowest BCUT2D eigenvalue weighted by atomic mass is 9.95. The molecule has 3 heteroatoms. The van der Waals surface area contributed by atoms with Crippen LogP contribution in [-0.4, -0.2) is 4.57 Å². The van der Waals surface area contributed by atoms with E-state index >= 15 is 0 Å². The van der Waals surface area contributed by atoms with Gasteiger partial charge in [-0.3, -0.25) is 0 Å². The first-order valence-corrected chi connectivity index (χ1v) is 19.4. The summed E-state index contributed by atoms with van der Waals surface area (Å²) in [5.41, 5.74) is 15.2. The fraction of sp³-hybridized carbons (Fsp3) is 0. The fourth-order valence-electron chi connectivity index (χ4n) is 8.57. The standard InChI is InChI=1S/C54H36N2O/c1-4-16-37(17-5-1)39-30-32-43(33-31-39)55(50-27-15-28-51-53(50)48-23-10-12-26-49(48)56(51)42-20-8-3-9-21-42)44-35-40(38-18-6-2-7-19-38)34-41(36-44)45-24-14-25-47-46-22-11-13-29-52(46)57-54(45)47/h1-36H. The predicted molar refractivity (Wildman–Crippen MR) is 239 cm³/mol. The molecule has 0 unspecified atom stereocenters. The molecule has 0 spiro atoms. The van der Waals surface area contributed by atoms with Crippen LogP contribution in [0.5, 0.6) is 0 Å². The first-order chi connectivity index (χ1) is 28.3. The quantitative estimate of drug-likeness (QED) is 0.163. The lowest BCUT2D eigenvalue weighted by Crippen LogP contribution is -2.11. The summed E-state index contributed by atoms with van der Waals surface area (Å²) < 4.78 is 9.03. The van der Waals surface area contributed by atoms with Crippen molar-refractivity contribution in [3.63, 3.8) is 0 Å². The topological polar surface area (TPSA) is 21.3 Å². The van der Waals surface area contributed by atoms with Crippen molar-refractivity contribution in [3.8, 4) is 39.1 Å². The molecule has 0 bridgehead atoms. The van der Waals surface area contributed by atoms with E-state index in [9.17, 15) is 0 Å². The number of hydrogen-bond donors (Lipinski definition) is 0. The summed E-state index contributed by atoms with van der Waals surface area (Å²) in [4.78, 5) is 2.44. The Hall–Kier alpha value is -7.62. The van der Waals surface area contributed by atoms with Crippen LogP contribution in [0.1, 0.15) is 0 Å². The van der Waals surface area contributed by atoms with E-state index in [1.165, 1.54) is 27.4 Å². The van der Waals surface area contributed by atoms with E-state index in [1.807, 2.05) is 6.07 Å². The van der Waals surface area contributed by atoms with Gasteiger partial charge in [0.1, 0.15) is 11.2 Å². The first kappa shape index (κ1) is 32.8. The van der Waals surface area contributed by atoms with E-state index in [-0.39, 0.29) is 0 Å². The van der Waals surface area contributed by atoms with Crippen molar-refractivity contribution >= 4 is 60.8 Å². The first-order valence-electron chi connectivity index (χ1n) is 19.4. The minimum Gasteiger partial charge on any atom is -0.455 e. The number of furan rings is 1. The number of hydrogen-bond acceptors (Lipinski definition) is 2. The Kier molecular flexibility index (Phi) is 7.82. The number of aromatic nitrogens is 1. The maximum absolute atomic E-state index is 6.64. The van der Waals surface area contributed by atoms with Gasteiger partial charge in [0.05, 0.1) is 16.7 Å². The molecule has 0 saturated heterocycles. The summed E-state index contributed by atoms with van der Waals surface area (Å²) in [6.45, 7) is 0. The Morgan fingerprint density at radius 1 is 0.368 bits per heavy atom. The van der Waals surface area contributed by atoms with Crippen molar-refractivity contribution < 1.29 is 4.42 Å². The zero-order valence-corrected chi connectivity index (χ0v) is 31.1. The molecule has 3 nitrogen and oxygen atoms in total.